The van der Waals surface area contributed by atoms with Crippen LogP contribution in [-0.2, 0) is 0 Å². The smallest absolute Gasteiger partial charge is 0.118 e. The number of aliphatic hydroxyl groups excluding tert-OH is 1. The fourth-order valence-electron chi connectivity index (χ4n) is 1.55. The first-order chi connectivity index (χ1) is 8.17. The molecule has 0 aliphatic carbocycles. The lowest BCUT2D eigenvalue weighted by Crippen LogP contribution is -2.26. The lowest BCUT2D eigenvalue weighted by molar-refractivity contribution is 0.173. The molecule has 0 saturated carbocycles. The van der Waals surface area contributed by atoms with Crippen LogP contribution in [0, 0.1) is 5.92 Å². The number of aliphatic hydroxyl groups is 1. The minimum atomic E-state index is -0.454. The summed E-state index contributed by atoms with van der Waals surface area (Å²) in [5.74, 6) is 1.46. The Morgan fingerprint density at radius 3 is 2.41 bits per heavy atom. The molecule has 0 spiro atoms. The molecule has 1 rings (SSSR count). The molecule has 0 aromatic heterocycles. The first-order valence-electron chi connectivity index (χ1n) is 6.20. The molecule has 0 saturated heterocycles. The Morgan fingerprint density at radius 1 is 1.24 bits per heavy atom. The van der Waals surface area contributed by atoms with Crippen LogP contribution in [0.1, 0.15) is 31.9 Å². The van der Waals surface area contributed by atoms with Gasteiger partial charge in [0, 0.05) is 6.54 Å². The van der Waals surface area contributed by atoms with Gasteiger partial charge in [0.1, 0.15) is 5.75 Å². The highest BCUT2D eigenvalue weighted by molar-refractivity contribution is 5.28. The molecule has 3 heteroatoms. The Balaban J connectivity index is 2.38. The van der Waals surface area contributed by atoms with E-state index in [0.29, 0.717) is 12.5 Å². The van der Waals surface area contributed by atoms with Gasteiger partial charge in [-0.2, -0.15) is 0 Å². The zero-order chi connectivity index (χ0) is 12.7. The summed E-state index contributed by atoms with van der Waals surface area (Å²) in [6.07, 6.45) is 0.705. The lowest BCUT2D eigenvalue weighted by atomic mass is 10.1. The fourth-order valence-corrected chi connectivity index (χ4v) is 1.55. The van der Waals surface area contributed by atoms with Crippen LogP contribution in [0.3, 0.4) is 0 Å². The molecule has 0 aliphatic rings. The Kier molecular flexibility index (Phi) is 6.01. The van der Waals surface area contributed by atoms with Crippen molar-refractivity contribution in [2.75, 3.05) is 20.2 Å². The average molecular weight is 237 g/mol. The zero-order valence-electron chi connectivity index (χ0n) is 10.9. The minimum Gasteiger partial charge on any atom is -0.497 e. The maximum atomic E-state index is 9.97. The number of ether oxygens (including phenoxy) is 1. The molecule has 0 heterocycles. The van der Waals surface area contributed by atoms with Crippen LogP contribution in [0.25, 0.3) is 0 Å². The van der Waals surface area contributed by atoms with Crippen LogP contribution in [0.4, 0.5) is 0 Å². The van der Waals surface area contributed by atoms with E-state index in [9.17, 15) is 5.11 Å². The van der Waals surface area contributed by atoms with E-state index < -0.39 is 6.10 Å². The molecular formula is C14H23NO2. The quantitative estimate of drug-likeness (QED) is 0.765. The topological polar surface area (TPSA) is 41.5 Å². The van der Waals surface area contributed by atoms with Crippen molar-refractivity contribution in [1.29, 1.82) is 0 Å². The molecule has 0 aliphatic heterocycles. The SMILES string of the molecule is CCC(C)CNCC(O)c1ccc(OC)cc1. The van der Waals surface area contributed by atoms with Crippen molar-refractivity contribution >= 4 is 0 Å². The maximum absolute atomic E-state index is 9.97. The normalized spacial score (nSPS) is 14.4. The summed E-state index contributed by atoms with van der Waals surface area (Å²) in [5.41, 5.74) is 0.919. The third-order valence-corrected chi connectivity index (χ3v) is 3.03. The standard InChI is InChI=1S/C14H23NO2/c1-4-11(2)9-15-10-14(16)12-5-7-13(17-3)8-6-12/h5-8,11,14-16H,4,9-10H2,1-3H3. The van der Waals surface area contributed by atoms with E-state index in [1.807, 2.05) is 24.3 Å². The van der Waals surface area contributed by atoms with Gasteiger partial charge >= 0.3 is 0 Å². The first-order valence-corrected chi connectivity index (χ1v) is 6.20. The van der Waals surface area contributed by atoms with Gasteiger partial charge in [0.2, 0.25) is 0 Å². The molecule has 17 heavy (non-hydrogen) atoms. The van der Waals surface area contributed by atoms with E-state index in [0.717, 1.165) is 24.3 Å². The first kappa shape index (κ1) is 14.0. The van der Waals surface area contributed by atoms with Gasteiger partial charge in [-0.25, -0.2) is 0 Å². The fraction of sp³-hybridized carbons (Fsp3) is 0.571. The zero-order valence-corrected chi connectivity index (χ0v) is 10.9. The molecule has 2 atom stereocenters. The molecule has 96 valence electrons. The summed E-state index contributed by atoms with van der Waals surface area (Å²) in [4.78, 5) is 0. The summed E-state index contributed by atoms with van der Waals surface area (Å²) in [7, 11) is 1.64. The predicted molar refractivity (Wildman–Crippen MR) is 70.3 cm³/mol. The van der Waals surface area contributed by atoms with Crippen molar-refractivity contribution in [3.05, 3.63) is 29.8 Å². The van der Waals surface area contributed by atoms with Gasteiger partial charge in [-0.15, -0.1) is 0 Å². The highest BCUT2D eigenvalue weighted by Gasteiger charge is 2.07. The Labute approximate surface area is 104 Å². The molecule has 0 bridgehead atoms. The number of methoxy groups -OCH3 is 1. The number of benzene rings is 1. The van der Waals surface area contributed by atoms with Crippen molar-refractivity contribution < 1.29 is 9.84 Å². The van der Waals surface area contributed by atoms with Crippen molar-refractivity contribution in [2.45, 2.75) is 26.4 Å². The summed E-state index contributed by atoms with van der Waals surface area (Å²) in [5, 5.41) is 13.2. The second-order valence-electron chi connectivity index (χ2n) is 4.46. The molecule has 0 amide bonds. The summed E-state index contributed by atoms with van der Waals surface area (Å²) >= 11 is 0. The van der Waals surface area contributed by atoms with Crippen LogP contribution in [0.5, 0.6) is 5.75 Å². The second kappa shape index (κ2) is 7.30. The van der Waals surface area contributed by atoms with Gasteiger partial charge in [-0.3, -0.25) is 0 Å². The molecule has 0 radical (unpaired) electrons. The third-order valence-electron chi connectivity index (χ3n) is 3.03. The lowest BCUT2D eigenvalue weighted by Gasteiger charge is -2.15. The van der Waals surface area contributed by atoms with E-state index >= 15 is 0 Å². The summed E-state index contributed by atoms with van der Waals surface area (Å²) < 4.78 is 5.08. The highest BCUT2D eigenvalue weighted by Crippen LogP contribution is 2.16. The largest absolute Gasteiger partial charge is 0.497 e. The van der Waals surface area contributed by atoms with E-state index in [-0.39, 0.29) is 0 Å². The van der Waals surface area contributed by atoms with Gasteiger partial charge in [0.05, 0.1) is 13.2 Å². The van der Waals surface area contributed by atoms with Gasteiger partial charge < -0.3 is 15.2 Å². The van der Waals surface area contributed by atoms with Crippen LogP contribution in [0.15, 0.2) is 24.3 Å². The van der Waals surface area contributed by atoms with Crippen LogP contribution < -0.4 is 10.1 Å². The maximum Gasteiger partial charge on any atom is 0.118 e. The average Bonchev–Trinajstić information content (AvgIpc) is 2.38. The predicted octanol–water partition coefficient (Wildman–Crippen LogP) is 2.36. The third kappa shape index (κ3) is 4.75. The van der Waals surface area contributed by atoms with Crippen LogP contribution in [0.2, 0.25) is 0 Å². The van der Waals surface area contributed by atoms with Crippen molar-refractivity contribution in [3.63, 3.8) is 0 Å². The van der Waals surface area contributed by atoms with E-state index in [4.69, 9.17) is 4.74 Å². The number of hydrogen-bond acceptors (Lipinski definition) is 3. The van der Waals surface area contributed by atoms with Gasteiger partial charge in [0.25, 0.3) is 0 Å². The van der Waals surface area contributed by atoms with Crippen molar-refractivity contribution in [2.24, 2.45) is 5.92 Å². The van der Waals surface area contributed by atoms with Gasteiger partial charge in [-0.05, 0) is 30.2 Å². The Hall–Kier alpha value is -1.06. The molecule has 1 aromatic carbocycles. The molecule has 1 aromatic rings. The number of nitrogens with one attached hydrogen (secondary N) is 1. The number of hydrogen-bond donors (Lipinski definition) is 2. The molecule has 3 nitrogen and oxygen atoms in total. The number of rotatable bonds is 7. The molecule has 0 fully saturated rings. The Morgan fingerprint density at radius 2 is 1.88 bits per heavy atom. The monoisotopic (exact) mass is 237 g/mol. The van der Waals surface area contributed by atoms with Crippen molar-refractivity contribution in [3.8, 4) is 5.75 Å². The second-order valence-corrected chi connectivity index (χ2v) is 4.46. The Bertz CT molecular complexity index is 311. The molecule has 2 N–H and O–H groups in total. The summed E-state index contributed by atoms with van der Waals surface area (Å²) in [6.45, 7) is 5.92. The van der Waals surface area contributed by atoms with E-state index in [2.05, 4.69) is 19.2 Å². The molecule has 2 unspecified atom stereocenters. The van der Waals surface area contributed by atoms with Gasteiger partial charge in [0.15, 0.2) is 0 Å². The minimum absolute atomic E-state index is 0.454. The summed E-state index contributed by atoms with van der Waals surface area (Å²) in [6, 6.07) is 7.53. The van der Waals surface area contributed by atoms with E-state index in [1.165, 1.54) is 0 Å². The van der Waals surface area contributed by atoms with E-state index in [1.54, 1.807) is 7.11 Å². The highest BCUT2D eigenvalue weighted by atomic mass is 16.5. The van der Waals surface area contributed by atoms with Crippen LogP contribution in [-0.4, -0.2) is 25.3 Å². The van der Waals surface area contributed by atoms with Gasteiger partial charge in [-0.1, -0.05) is 32.4 Å². The van der Waals surface area contributed by atoms with Crippen molar-refractivity contribution in [1.82, 2.24) is 5.32 Å². The van der Waals surface area contributed by atoms with Crippen LogP contribution >= 0.6 is 0 Å². The molecular weight excluding hydrogens is 214 g/mol.